The van der Waals surface area contributed by atoms with Gasteiger partial charge in [-0.3, -0.25) is 0 Å². The van der Waals surface area contributed by atoms with E-state index in [0.717, 1.165) is 46.1 Å². The van der Waals surface area contributed by atoms with Crippen LogP contribution in [0.2, 0.25) is 0 Å². The first-order valence-electron chi connectivity index (χ1n) is 24.2. The molecule has 0 unspecified atom stereocenters. The van der Waals surface area contributed by atoms with E-state index in [4.69, 9.17) is 9.47 Å². The Morgan fingerprint density at radius 1 is 0.389 bits per heavy atom. The van der Waals surface area contributed by atoms with Crippen LogP contribution in [0, 0.1) is 6.92 Å². The quantitative estimate of drug-likeness (QED) is 0.102. The van der Waals surface area contributed by atoms with Crippen molar-refractivity contribution < 1.29 is 17.9 Å². The molecule has 6 nitrogen and oxygen atoms in total. The molecule has 0 atom stereocenters. The lowest BCUT2D eigenvalue weighted by Gasteiger charge is -2.35. The number of rotatable bonds is 15. The fraction of sp³-hybridized carbons (Fsp3) is 0.0769. The van der Waals surface area contributed by atoms with E-state index in [-0.39, 0.29) is 9.79 Å². The monoisotopic (exact) mass is 956 g/mol. The zero-order valence-electron chi connectivity index (χ0n) is 40.1. The molecule has 72 heavy (non-hydrogen) atoms. The van der Waals surface area contributed by atoms with Crippen molar-refractivity contribution in [2.75, 3.05) is 16.9 Å². The first-order valence-corrected chi connectivity index (χ1v) is 25.7. The molecule has 0 N–H and O–H groups in total. The van der Waals surface area contributed by atoms with Crippen LogP contribution < -0.4 is 19.3 Å². The molecular formula is C65H52N2O4S. The van der Waals surface area contributed by atoms with Gasteiger partial charge in [0.15, 0.2) is 0 Å². The van der Waals surface area contributed by atoms with Crippen LogP contribution in [0.25, 0.3) is 11.1 Å². The Labute approximate surface area is 422 Å². The number of benzene rings is 10. The van der Waals surface area contributed by atoms with Crippen LogP contribution in [0.1, 0.15) is 27.8 Å². The average molecular weight is 957 g/mol. The van der Waals surface area contributed by atoms with Gasteiger partial charge in [0.05, 0.1) is 16.9 Å². The highest BCUT2D eigenvalue weighted by Gasteiger charge is 2.44. The van der Waals surface area contributed by atoms with Crippen molar-refractivity contribution in [3.8, 4) is 28.4 Å². The average Bonchev–Trinajstić information content (AvgIpc) is 3.68. The van der Waals surface area contributed by atoms with Gasteiger partial charge in [-0.2, -0.15) is 0 Å². The Hall–Kier alpha value is -8.65. The van der Waals surface area contributed by atoms with Crippen LogP contribution in [0.4, 0.5) is 34.1 Å². The summed E-state index contributed by atoms with van der Waals surface area (Å²) in [5.41, 5.74) is 14.5. The van der Waals surface area contributed by atoms with Crippen molar-refractivity contribution in [1.29, 1.82) is 0 Å². The van der Waals surface area contributed by atoms with E-state index in [1.54, 1.807) is 55.6 Å². The second kappa shape index (κ2) is 19.6. The van der Waals surface area contributed by atoms with Crippen molar-refractivity contribution in [3.63, 3.8) is 0 Å². The zero-order chi connectivity index (χ0) is 49.1. The van der Waals surface area contributed by atoms with Gasteiger partial charge in [0.25, 0.3) is 0 Å². The van der Waals surface area contributed by atoms with E-state index in [2.05, 4.69) is 211 Å². The first kappa shape index (κ1) is 45.8. The van der Waals surface area contributed by atoms with E-state index in [1.807, 2.05) is 12.1 Å². The third kappa shape index (κ3) is 9.02. The minimum atomic E-state index is -3.73. The highest BCUT2D eigenvalue weighted by atomic mass is 32.2. The van der Waals surface area contributed by atoms with Gasteiger partial charge in [0, 0.05) is 39.5 Å². The summed E-state index contributed by atoms with van der Waals surface area (Å²) in [5.74, 6) is 1.78. The first-order chi connectivity index (χ1) is 35.3. The number of aryl methyl sites for hydroxylation is 1. The Morgan fingerprint density at radius 2 is 0.736 bits per heavy atom. The largest absolute Gasteiger partial charge is 0.497 e. The molecule has 0 amide bonds. The maximum Gasteiger partial charge on any atom is 0.206 e. The number of ether oxygens (including phenoxy) is 2. The summed E-state index contributed by atoms with van der Waals surface area (Å²) in [5, 5.41) is 0. The molecule has 0 aliphatic heterocycles. The minimum Gasteiger partial charge on any atom is -0.497 e. The second-order valence-corrected chi connectivity index (χ2v) is 20.2. The van der Waals surface area contributed by atoms with Crippen molar-refractivity contribution in [2.45, 2.75) is 35.0 Å². The molecule has 10 aromatic carbocycles. The molecule has 1 aliphatic carbocycles. The lowest BCUT2D eigenvalue weighted by Crippen LogP contribution is -2.31. The standard InChI is InChI=1S/C65H52N2O4S/c1-47-23-25-48(26-24-47)45-65(46-49-27-31-57(32-28-49)71-58-35-39-60(40-36-58)72(68,69)59-37-33-56(70-2)34-38-59)63-43-54(66(50-15-7-3-8-16-50)51-17-9-4-10-18-51)29-41-61(63)62-42-30-55(44-64(62)65)67(52-19-11-5-12-20-52)53-21-13-6-14-22-53/h3-44H,45-46H2,1-2H3. The second-order valence-electron chi connectivity index (χ2n) is 18.3. The van der Waals surface area contributed by atoms with Gasteiger partial charge in [0.1, 0.15) is 17.2 Å². The predicted octanol–water partition coefficient (Wildman–Crippen LogP) is 16.3. The van der Waals surface area contributed by atoms with Crippen molar-refractivity contribution in [2.24, 2.45) is 0 Å². The lowest BCUT2D eigenvalue weighted by atomic mass is 9.69. The smallest absolute Gasteiger partial charge is 0.206 e. The molecular weight excluding hydrogens is 905 g/mol. The number of hydrogen-bond acceptors (Lipinski definition) is 6. The van der Waals surface area contributed by atoms with Crippen molar-refractivity contribution >= 4 is 44.0 Å². The van der Waals surface area contributed by atoms with Gasteiger partial charge >= 0.3 is 0 Å². The molecule has 0 saturated heterocycles. The molecule has 0 heterocycles. The SMILES string of the molecule is COc1ccc(S(=O)(=O)c2ccc(Oc3ccc(CC4(Cc5ccc(C)cc5)c5cc(N(c6ccccc6)c6ccccc6)ccc5-c5ccc(N(c6ccccc6)c6ccccc6)cc54)cc3)cc2)cc1. The Morgan fingerprint density at radius 3 is 1.11 bits per heavy atom. The molecule has 10 aromatic rings. The molecule has 0 fully saturated rings. The van der Waals surface area contributed by atoms with Gasteiger partial charge in [-0.1, -0.05) is 127 Å². The van der Waals surface area contributed by atoms with E-state index in [9.17, 15) is 8.42 Å². The van der Waals surface area contributed by atoms with Gasteiger partial charge < -0.3 is 19.3 Å². The van der Waals surface area contributed by atoms with Gasteiger partial charge in [-0.15, -0.1) is 0 Å². The molecule has 1 aliphatic rings. The molecule has 352 valence electrons. The number of sulfone groups is 1. The van der Waals surface area contributed by atoms with Crippen LogP contribution in [0.3, 0.4) is 0 Å². The normalized spacial score (nSPS) is 12.4. The summed E-state index contributed by atoms with van der Waals surface area (Å²) in [6.45, 7) is 2.14. The van der Waals surface area contributed by atoms with Crippen LogP contribution in [0.15, 0.2) is 265 Å². The van der Waals surface area contributed by atoms with E-state index < -0.39 is 15.3 Å². The molecule has 7 heteroatoms. The molecule has 0 radical (unpaired) electrons. The van der Waals surface area contributed by atoms with Crippen molar-refractivity contribution in [3.05, 3.63) is 283 Å². The number of hydrogen-bond donors (Lipinski definition) is 0. The molecule has 0 aromatic heterocycles. The summed E-state index contributed by atoms with van der Waals surface area (Å²) in [7, 11) is -2.18. The Bertz CT molecular complexity index is 3360. The van der Waals surface area contributed by atoms with Gasteiger partial charge in [0.2, 0.25) is 9.84 Å². The molecule has 0 bridgehead atoms. The van der Waals surface area contributed by atoms with Gasteiger partial charge in [-0.25, -0.2) is 8.42 Å². The molecule has 0 spiro atoms. The number of methoxy groups -OCH3 is 1. The number of nitrogens with zero attached hydrogens (tertiary/aromatic N) is 2. The fourth-order valence-electron chi connectivity index (χ4n) is 10.2. The third-order valence-electron chi connectivity index (χ3n) is 13.7. The van der Waals surface area contributed by atoms with Crippen molar-refractivity contribution in [1.82, 2.24) is 0 Å². The fourth-order valence-corrected chi connectivity index (χ4v) is 11.4. The third-order valence-corrected chi connectivity index (χ3v) is 15.5. The molecule has 11 rings (SSSR count). The Balaban J connectivity index is 1.03. The van der Waals surface area contributed by atoms with E-state index in [1.165, 1.54) is 33.4 Å². The van der Waals surface area contributed by atoms with Crippen LogP contribution >= 0.6 is 0 Å². The number of fused-ring (bicyclic) bond motifs is 3. The topological polar surface area (TPSA) is 59.1 Å². The predicted molar refractivity (Wildman–Crippen MR) is 292 cm³/mol. The molecule has 0 saturated carbocycles. The number of para-hydroxylation sites is 4. The van der Waals surface area contributed by atoms with Crippen LogP contribution in [-0.2, 0) is 28.1 Å². The van der Waals surface area contributed by atoms with E-state index in [0.29, 0.717) is 23.7 Å². The van der Waals surface area contributed by atoms with Crippen LogP contribution in [-0.4, -0.2) is 15.5 Å². The summed E-state index contributed by atoms with van der Waals surface area (Å²) in [6, 6.07) is 86.8. The summed E-state index contributed by atoms with van der Waals surface area (Å²) in [4.78, 5) is 5.09. The van der Waals surface area contributed by atoms with E-state index >= 15 is 0 Å². The highest BCUT2D eigenvalue weighted by molar-refractivity contribution is 7.91. The summed E-state index contributed by atoms with van der Waals surface area (Å²) < 4.78 is 38.5. The zero-order valence-corrected chi connectivity index (χ0v) is 40.9. The lowest BCUT2D eigenvalue weighted by molar-refractivity contribution is 0.414. The van der Waals surface area contributed by atoms with Gasteiger partial charge in [-0.05, 0) is 187 Å². The number of anilines is 6. The summed E-state index contributed by atoms with van der Waals surface area (Å²) in [6.07, 6.45) is 1.44. The minimum absolute atomic E-state index is 0.184. The Kier molecular flexibility index (Phi) is 12.5. The van der Waals surface area contributed by atoms with Crippen LogP contribution in [0.5, 0.6) is 17.2 Å². The maximum absolute atomic E-state index is 13.5. The maximum atomic E-state index is 13.5. The highest BCUT2D eigenvalue weighted by Crippen LogP contribution is 2.55. The summed E-state index contributed by atoms with van der Waals surface area (Å²) >= 11 is 0.